The number of nitrogen functional groups attached to an aromatic ring is 1. The van der Waals surface area contributed by atoms with Crippen LogP contribution in [0.2, 0.25) is 10.0 Å². The Morgan fingerprint density at radius 2 is 1.88 bits per heavy atom. The van der Waals surface area contributed by atoms with Crippen molar-refractivity contribution in [2.24, 2.45) is 0 Å². The summed E-state index contributed by atoms with van der Waals surface area (Å²) in [4.78, 5) is 4.57. The van der Waals surface area contributed by atoms with Crippen LogP contribution >= 0.6 is 23.2 Å². The molecule has 3 nitrogen and oxygen atoms in total. The van der Waals surface area contributed by atoms with Crippen molar-refractivity contribution < 1.29 is 0 Å². The van der Waals surface area contributed by atoms with Gasteiger partial charge in [0, 0.05) is 44.8 Å². The van der Waals surface area contributed by atoms with Crippen molar-refractivity contribution in [3.05, 3.63) is 70.0 Å². The molecule has 2 heterocycles. The summed E-state index contributed by atoms with van der Waals surface area (Å²) in [6, 6.07) is 13.6. The van der Waals surface area contributed by atoms with Gasteiger partial charge in [0.25, 0.3) is 0 Å². The van der Waals surface area contributed by atoms with Gasteiger partial charge < -0.3 is 10.3 Å². The second-order valence-corrected chi connectivity index (χ2v) is 6.95. The molecule has 4 rings (SSSR count). The van der Waals surface area contributed by atoms with Crippen molar-refractivity contribution in [2.45, 2.75) is 19.9 Å². The van der Waals surface area contributed by atoms with Crippen molar-refractivity contribution in [3.63, 3.8) is 0 Å². The fourth-order valence-corrected chi connectivity index (χ4v) is 3.77. The van der Waals surface area contributed by atoms with Gasteiger partial charge in [0.15, 0.2) is 0 Å². The monoisotopic (exact) mass is 369 g/mol. The molecule has 0 saturated carbocycles. The molecular formula is C20H17Cl2N3. The molecule has 0 aliphatic rings. The third-order valence-corrected chi connectivity index (χ3v) is 5.15. The lowest BCUT2D eigenvalue weighted by Gasteiger charge is -2.11. The van der Waals surface area contributed by atoms with Gasteiger partial charge in [-0.25, -0.2) is 0 Å². The van der Waals surface area contributed by atoms with Crippen molar-refractivity contribution >= 4 is 50.7 Å². The van der Waals surface area contributed by atoms with Crippen molar-refractivity contribution in [2.75, 3.05) is 5.73 Å². The first-order valence-corrected chi connectivity index (χ1v) is 8.93. The molecule has 0 aliphatic heterocycles. The van der Waals surface area contributed by atoms with Crippen LogP contribution in [0.5, 0.6) is 0 Å². The van der Waals surface area contributed by atoms with Crippen molar-refractivity contribution in [3.8, 4) is 0 Å². The van der Waals surface area contributed by atoms with Gasteiger partial charge >= 0.3 is 0 Å². The van der Waals surface area contributed by atoms with E-state index in [-0.39, 0.29) is 0 Å². The predicted molar refractivity (Wildman–Crippen MR) is 107 cm³/mol. The second kappa shape index (κ2) is 6.25. The van der Waals surface area contributed by atoms with E-state index in [4.69, 9.17) is 28.9 Å². The van der Waals surface area contributed by atoms with Crippen LogP contribution in [-0.2, 0) is 13.0 Å². The van der Waals surface area contributed by atoms with Crippen LogP contribution in [0.25, 0.3) is 21.8 Å². The highest BCUT2D eigenvalue weighted by Crippen LogP contribution is 2.33. The number of fused-ring (bicyclic) bond motifs is 3. The molecule has 0 aliphatic carbocycles. The van der Waals surface area contributed by atoms with E-state index in [9.17, 15) is 0 Å². The van der Waals surface area contributed by atoms with Gasteiger partial charge in [-0.1, -0.05) is 30.1 Å². The van der Waals surface area contributed by atoms with Gasteiger partial charge in [0.1, 0.15) is 0 Å². The number of nitrogens with zero attached hydrogens (tertiary/aromatic N) is 2. The Morgan fingerprint density at radius 1 is 1.04 bits per heavy atom. The molecule has 0 unspecified atom stereocenters. The van der Waals surface area contributed by atoms with E-state index < -0.39 is 0 Å². The van der Waals surface area contributed by atoms with E-state index in [1.54, 1.807) is 6.07 Å². The lowest BCUT2D eigenvalue weighted by atomic mass is 10.1. The highest BCUT2D eigenvalue weighted by Gasteiger charge is 2.15. The van der Waals surface area contributed by atoms with Gasteiger partial charge in [0.05, 0.1) is 11.2 Å². The largest absolute Gasteiger partial charge is 0.399 e. The maximum Gasteiger partial charge on any atom is 0.0713 e. The van der Waals surface area contributed by atoms with Crippen LogP contribution in [0.3, 0.4) is 0 Å². The molecular weight excluding hydrogens is 353 g/mol. The maximum atomic E-state index is 6.41. The number of pyridine rings is 1. The standard InChI is InChI=1S/C20H17Cl2N3/c1-2-18-20-15(7-8-24-18)16-10-14(23)4-6-19(16)25(20)11-12-9-13(21)3-5-17(12)22/h3-10H,2,11,23H2,1H3. The number of hydrogen-bond acceptors (Lipinski definition) is 2. The molecule has 2 aromatic heterocycles. The number of aryl methyl sites for hydroxylation is 1. The van der Waals surface area contributed by atoms with Crippen LogP contribution in [-0.4, -0.2) is 9.55 Å². The first kappa shape index (κ1) is 16.2. The smallest absolute Gasteiger partial charge is 0.0713 e. The second-order valence-electron chi connectivity index (χ2n) is 6.11. The highest BCUT2D eigenvalue weighted by atomic mass is 35.5. The lowest BCUT2D eigenvalue weighted by Crippen LogP contribution is -2.03. The van der Waals surface area contributed by atoms with Gasteiger partial charge in [0.2, 0.25) is 0 Å². The summed E-state index contributed by atoms with van der Waals surface area (Å²) in [6.07, 6.45) is 2.72. The average molecular weight is 370 g/mol. The van der Waals surface area contributed by atoms with Crippen molar-refractivity contribution in [1.29, 1.82) is 0 Å². The predicted octanol–water partition coefficient (Wildman–Crippen LogP) is 5.69. The number of hydrogen-bond donors (Lipinski definition) is 1. The number of benzene rings is 2. The van der Waals surface area contributed by atoms with Crippen molar-refractivity contribution in [1.82, 2.24) is 9.55 Å². The number of anilines is 1. The Hall–Kier alpha value is -2.23. The van der Waals surface area contributed by atoms with E-state index in [0.29, 0.717) is 16.6 Å². The maximum absolute atomic E-state index is 6.41. The van der Waals surface area contributed by atoms with E-state index in [2.05, 4.69) is 22.5 Å². The summed E-state index contributed by atoms with van der Waals surface area (Å²) in [5.41, 5.74) is 11.1. The molecule has 2 N–H and O–H groups in total. The summed E-state index contributed by atoms with van der Waals surface area (Å²) in [6.45, 7) is 2.74. The summed E-state index contributed by atoms with van der Waals surface area (Å²) in [7, 11) is 0. The Morgan fingerprint density at radius 3 is 2.68 bits per heavy atom. The fraction of sp³-hybridized carbons (Fsp3) is 0.150. The van der Waals surface area contributed by atoms with E-state index >= 15 is 0 Å². The average Bonchev–Trinajstić information content (AvgIpc) is 2.91. The normalized spacial score (nSPS) is 11.5. The van der Waals surface area contributed by atoms with E-state index in [0.717, 1.165) is 45.2 Å². The number of nitrogens with two attached hydrogens (primary N) is 1. The molecule has 0 saturated heterocycles. The minimum atomic E-state index is 0.627. The third kappa shape index (κ3) is 2.74. The zero-order chi connectivity index (χ0) is 17.6. The first-order valence-electron chi connectivity index (χ1n) is 8.17. The van der Waals surface area contributed by atoms with Gasteiger partial charge in [-0.3, -0.25) is 4.98 Å². The highest BCUT2D eigenvalue weighted by molar-refractivity contribution is 6.33. The molecule has 2 aromatic carbocycles. The molecule has 4 aromatic rings. The Bertz CT molecular complexity index is 1100. The molecule has 126 valence electrons. The minimum absolute atomic E-state index is 0.627. The minimum Gasteiger partial charge on any atom is -0.399 e. The van der Waals surface area contributed by atoms with E-state index in [1.807, 2.05) is 36.5 Å². The molecule has 0 fully saturated rings. The quantitative estimate of drug-likeness (QED) is 0.471. The number of aromatic nitrogens is 2. The molecule has 0 spiro atoms. The first-order chi connectivity index (χ1) is 12.1. The van der Waals surface area contributed by atoms with Crippen LogP contribution < -0.4 is 5.73 Å². The number of rotatable bonds is 3. The Kier molecular flexibility index (Phi) is 4.06. The lowest BCUT2D eigenvalue weighted by molar-refractivity contribution is 0.856. The molecule has 0 radical (unpaired) electrons. The summed E-state index contributed by atoms with van der Waals surface area (Å²) in [5.74, 6) is 0. The van der Waals surface area contributed by atoms with Crippen LogP contribution in [0.4, 0.5) is 5.69 Å². The molecule has 0 bridgehead atoms. The van der Waals surface area contributed by atoms with Gasteiger partial charge in [-0.15, -0.1) is 0 Å². The fourth-order valence-electron chi connectivity index (χ4n) is 3.40. The summed E-state index contributed by atoms with van der Waals surface area (Å²) < 4.78 is 2.26. The van der Waals surface area contributed by atoms with Crippen LogP contribution in [0.1, 0.15) is 18.2 Å². The topological polar surface area (TPSA) is 43.8 Å². The van der Waals surface area contributed by atoms with Gasteiger partial charge in [-0.05, 0) is 54.4 Å². The molecule has 0 atom stereocenters. The molecule has 0 amide bonds. The zero-order valence-corrected chi connectivity index (χ0v) is 15.3. The SMILES string of the molecule is CCc1nccc2c3cc(N)ccc3n(Cc3cc(Cl)ccc3Cl)c12. The molecule has 5 heteroatoms. The Labute approximate surface area is 156 Å². The van der Waals surface area contributed by atoms with Crippen LogP contribution in [0, 0.1) is 0 Å². The Balaban J connectivity index is 2.05. The van der Waals surface area contributed by atoms with Crippen LogP contribution in [0.15, 0.2) is 48.7 Å². The van der Waals surface area contributed by atoms with Gasteiger partial charge in [-0.2, -0.15) is 0 Å². The third-order valence-electron chi connectivity index (χ3n) is 4.54. The summed E-state index contributed by atoms with van der Waals surface area (Å²) in [5, 5.41) is 3.67. The summed E-state index contributed by atoms with van der Waals surface area (Å²) >= 11 is 12.6. The number of halogens is 2. The molecule has 25 heavy (non-hydrogen) atoms. The van der Waals surface area contributed by atoms with E-state index in [1.165, 1.54) is 0 Å². The zero-order valence-electron chi connectivity index (χ0n) is 13.8.